The second kappa shape index (κ2) is 6.44. The van der Waals surface area contributed by atoms with Gasteiger partial charge in [0.1, 0.15) is 11.9 Å². The third-order valence-corrected chi connectivity index (χ3v) is 2.56. The minimum Gasteiger partial charge on any atom is -0.496 e. The van der Waals surface area contributed by atoms with Gasteiger partial charge in [0.25, 0.3) is 0 Å². The van der Waals surface area contributed by atoms with Crippen molar-refractivity contribution in [2.24, 2.45) is 0 Å². The molecular weight excluding hydrogens is 262 g/mol. The number of aliphatic hydroxyl groups excluding tert-OH is 2. The first-order chi connectivity index (χ1) is 8.90. The maximum Gasteiger partial charge on any atom is 0.308 e. The van der Waals surface area contributed by atoms with Crippen molar-refractivity contribution in [3.63, 3.8) is 0 Å². The van der Waals surface area contributed by atoms with Crippen molar-refractivity contribution < 1.29 is 33.3 Å². The maximum absolute atomic E-state index is 13.1. The van der Waals surface area contributed by atoms with Crippen molar-refractivity contribution in [2.75, 3.05) is 14.2 Å². The molecule has 0 spiro atoms. The molecule has 2 atom stereocenters. The van der Waals surface area contributed by atoms with Crippen molar-refractivity contribution in [3.05, 3.63) is 29.3 Å². The molecule has 0 aromatic heterocycles. The van der Waals surface area contributed by atoms with Crippen molar-refractivity contribution in [2.45, 2.75) is 18.6 Å². The van der Waals surface area contributed by atoms with Crippen LogP contribution in [-0.2, 0) is 9.53 Å². The van der Waals surface area contributed by atoms with E-state index in [2.05, 4.69) is 4.74 Å². The molecule has 0 aliphatic carbocycles. The van der Waals surface area contributed by atoms with Gasteiger partial charge in [-0.1, -0.05) is 0 Å². The molecule has 0 heterocycles. The molecule has 0 radical (unpaired) electrons. The molecule has 0 aliphatic rings. The van der Waals surface area contributed by atoms with E-state index in [0.717, 1.165) is 13.2 Å². The van der Waals surface area contributed by atoms with E-state index in [1.54, 1.807) is 0 Å². The number of ether oxygens (including phenoxy) is 2. The Labute approximate surface area is 108 Å². The summed E-state index contributed by atoms with van der Waals surface area (Å²) >= 11 is 0. The van der Waals surface area contributed by atoms with Crippen LogP contribution in [-0.4, -0.2) is 36.5 Å². The zero-order chi connectivity index (χ0) is 14.6. The van der Waals surface area contributed by atoms with Gasteiger partial charge in [0.15, 0.2) is 11.6 Å². The Kier molecular flexibility index (Phi) is 5.20. The van der Waals surface area contributed by atoms with Crippen LogP contribution >= 0.6 is 0 Å². The quantitative estimate of drug-likeness (QED) is 0.782. The van der Waals surface area contributed by atoms with E-state index in [9.17, 15) is 23.8 Å². The topological polar surface area (TPSA) is 76.0 Å². The largest absolute Gasteiger partial charge is 0.496 e. The van der Waals surface area contributed by atoms with Gasteiger partial charge in [0.2, 0.25) is 0 Å². The summed E-state index contributed by atoms with van der Waals surface area (Å²) in [5.41, 5.74) is -0.155. The lowest BCUT2D eigenvalue weighted by atomic mass is 10.0. The normalized spacial score (nSPS) is 13.8. The number of halogens is 2. The van der Waals surface area contributed by atoms with Crippen LogP contribution in [0.3, 0.4) is 0 Å². The molecule has 0 saturated carbocycles. The molecule has 1 aromatic rings. The van der Waals surface area contributed by atoms with Gasteiger partial charge in [-0.25, -0.2) is 8.78 Å². The number of hydrogen-bond acceptors (Lipinski definition) is 5. The van der Waals surface area contributed by atoms with Crippen LogP contribution in [0.1, 0.15) is 18.1 Å². The van der Waals surface area contributed by atoms with E-state index in [4.69, 9.17) is 4.74 Å². The Bertz CT molecular complexity index is 464. The highest BCUT2D eigenvalue weighted by atomic mass is 19.2. The third kappa shape index (κ3) is 3.62. The fraction of sp³-hybridized carbons (Fsp3) is 0.417. The lowest BCUT2D eigenvalue weighted by Gasteiger charge is -2.19. The number of methoxy groups -OCH3 is 2. The monoisotopic (exact) mass is 276 g/mol. The first-order valence-electron chi connectivity index (χ1n) is 5.36. The average Bonchev–Trinajstić information content (AvgIpc) is 2.40. The SMILES string of the molecule is COC(=O)CC(O)C(O)c1cc(F)c(F)cc1OC. The highest BCUT2D eigenvalue weighted by molar-refractivity contribution is 5.69. The molecule has 0 bridgehead atoms. The molecular formula is C12H14F2O5. The molecule has 19 heavy (non-hydrogen) atoms. The lowest BCUT2D eigenvalue weighted by molar-refractivity contribution is -0.144. The first kappa shape index (κ1) is 15.3. The number of esters is 1. The second-order valence-electron chi connectivity index (χ2n) is 3.80. The molecule has 7 heteroatoms. The molecule has 2 N–H and O–H groups in total. The van der Waals surface area contributed by atoms with Crippen LogP contribution in [0.5, 0.6) is 5.75 Å². The van der Waals surface area contributed by atoms with Crippen molar-refractivity contribution in [1.82, 2.24) is 0 Å². The van der Waals surface area contributed by atoms with E-state index in [1.807, 2.05) is 0 Å². The summed E-state index contributed by atoms with van der Waals surface area (Å²) in [6.07, 6.45) is -3.62. The molecule has 5 nitrogen and oxygen atoms in total. The predicted octanol–water partition coefficient (Wildman–Crippen LogP) is 0.931. The standard InChI is InChI=1S/C12H14F2O5/c1-18-10-4-8(14)7(13)3-6(10)12(17)9(15)5-11(16)19-2/h3-4,9,12,15,17H,5H2,1-2H3. The number of aliphatic hydroxyl groups is 2. The van der Waals surface area contributed by atoms with Gasteiger partial charge in [-0.15, -0.1) is 0 Å². The third-order valence-electron chi connectivity index (χ3n) is 2.56. The van der Waals surface area contributed by atoms with Crippen LogP contribution in [0.15, 0.2) is 12.1 Å². The first-order valence-corrected chi connectivity index (χ1v) is 5.36. The van der Waals surface area contributed by atoms with Crippen molar-refractivity contribution in [3.8, 4) is 5.75 Å². The second-order valence-corrected chi connectivity index (χ2v) is 3.80. The number of hydrogen-bond donors (Lipinski definition) is 2. The summed E-state index contributed by atoms with van der Waals surface area (Å²) in [4.78, 5) is 11.0. The van der Waals surface area contributed by atoms with Crippen LogP contribution in [0.25, 0.3) is 0 Å². The zero-order valence-corrected chi connectivity index (χ0v) is 10.4. The highest BCUT2D eigenvalue weighted by Gasteiger charge is 2.26. The number of carbonyl (C=O) groups is 1. The van der Waals surface area contributed by atoms with E-state index in [-0.39, 0.29) is 11.3 Å². The molecule has 106 valence electrons. The predicted molar refractivity (Wildman–Crippen MR) is 60.5 cm³/mol. The molecule has 1 rings (SSSR count). The van der Waals surface area contributed by atoms with E-state index in [0.29, 0.717) is 6.07 Å². The van der Waals surface area contributed by atoms with Crippen molar-refractivity contribution in [1.29, 1.82) is 0 Å². The van der Waals surface area contributed by atoms with Gasteiger partial charge >= 0.3 is 5.97 Å². The summed E-state index contributed by atoms with van der Waals surface area (Å²) in [7, 11) is 2.33. The Hall–Kier alpha value is -1.73. The minimum atomic E-state index is -1.61. The smallest absolute Gasteiger partial charge is 0.308 e. The minimum absolute atomic E-state index is 0.129. The van der Waals surface area contributed by atoms with Crippen LogP contribution < -0.4 is 4.74 Å². The summed E-state index contributed by atoms with van der Waals surface area (Å²) in [6, 6.07) is 1.46. The highest BCUT2D eigenvalue weighted by Crippen LogP contribution is 2.30. The van der Waals surface area contributed by atoms with Gasteiger partial charge in [-0.05, 0) is 6.07 Å². The zero-order valence-electron chi connectivity index (χ0n) is 10.4. The Morgan fingerprint density at radius 3 is 2.37 bits per heavy atom. The summed E-state index contributed by atoms with van der Waals surface area (Å²) < 4.78 is 35.3. The van der Waals surface area contributed by atoms with Crippen LogP contribution in [0, 0.1) is 11.6 Å². The fourth-order valence-electron chi connectivity index (χ4n) is 1.52. The summed E-state index contributed by atoms with van der Waals surface area (Å²) in [5, 5.41) is 19.5. The van der Waals surface area contributed by atoms with E-state index < -0.39 is 36.2 Å². The molecule has 2 unspecified atom stereocenters. The molecule has 0 saturated heterocycles. The Morgan fingerprint density at radius 2 is 1.84 bits per heavy atom. The van der Waals surface area contributed by atoms with E-state index in [1.165, 1.54) is 7.11 Å². The fourth-order valence-corrected chi connectivity index (χ4v) is 1.52. The lowest BCUT2D eigenvalue weighted by Crippen LogP contribution is -2.23. The average molecular weight is 276 g/mol. The van der Waals surface area contributed by atoms with Gasteiger partial charge in [-0.2, -0.15) is 0 Å². The van der Waals surface area contributed by atoms with Gasteiger partial charge < -0.3 is 19.7 Å². The molecule has 0 fully saturated rings. The van der Waals surface area contributed by atoms with Gasteiger partial charge in [0.05, 0.1) is 26.7 Å². The number of carbonyl (C=O) groups excluding carboxylic acids is 1. The summed E-state index contributed by atoms with van der Waals surface area (Å²) in [5.74, 6) is -3.21. The van der Waals surface area contributed by atoms with Crippen LogP contribution in [0.2, 0.25) is 0 Å². The van der Waals surface area contributed by atoms with Gasteiger partial charge in [-0.3, -0.25) is 4.79 Å². The summed E-state index contributed by atoms with van der Waals surface area (Å²) in [6.45, 7) is 0. The Morgan fingerprint density at radius 1 is 1.26 bits per heavy atom. The number of benzene rings is 1. The van der Waals surface area contributed by atoms with Crippen LogP contribution in [0.4, 0.5) is 8.78 Å². The maximum atomic E-state index is 13.1. The Balaban J connectivity index is 3.01. The molecule has 0 amide bonds. The molecule has 0 aliphatic heterocycles. The van der Waals surface area contributed by atoms with Crippen molar-refractivity contribution >= 4 is 5.97 Å². The van der Waals surface area contributed by atoms with Gasteiger partial charge in [0, 0.05) is 11.6 Å². The molecule has 1 aromatic carbocycles. The number of rotatable bonds is 5. The van der Waals surface area contributed by atoms with E-state index >= 15 is 0 Å².